The summed E-state index contributed by atoms with van der Waals surface area (Å²) in [5.74, 6) is 0.822. The molecule has 0 N–H and O–H groups in total. The van der Waals surface area contributed by atoms with E-state index in [1.807, 2.05) is 42.6 Å². The lowest BCUT2D eigenvalue weighted by atomic mass is 9.90. The Kier molecular flexibility index (Phi) is 3.42. The number of oxime groups is 1. The highest BCUT2D eigenvalue weighted by atomic mass is 16.7. The van der Waals surface area contributed by atoms with Crippen molar-refractivity contribution in [2.45, 2.75) is 31.4 Å². The summed E-state index contributed by atoms with van der Waals surface area (Å²) in [5.41, 5.74) is 1.92. The highest BCUT2D eigenvalue weighted by Crippen LogP contribution is 2.32. The molecule has 2 aromatic rings. The van der Waals surface area contributed by atoms with Gasteiger partial charge < -0.3 is 9.36 Å². The standard InChI is InChI=1S/C17H19N3O2/c1-2-5-14(6-3-1)16-11-15(19-21-16)12-20-10-4-7-17(13-20)8-9-18-22-17/h1-3,5-6,9,11H,4,7-8,10,12-13H2. The van der Waals surface area contributed by atoms with Crippen LogP contribution < -0.4 is 0 Å². The summed E-state index contributed by atoms with van der Waals surface area (Å²) in [5, 5.41) is 8.17. The van der Waals surface area contributed by atoms with Gasteiger partial charge >= 0.3 is 0 Å². The highest BCUT2D eigenvalue weighted by Gasteiger charge is 2.39. The number of hydrogen-bond acceptors (Lipinski definition) is 5. The van der Waals surface area contributed by atoms with Gasteiger partial charge in [-0.2, -0.15) is 0 Å². The highest BCUT2D eigenvalue weighted by molar-refractivity contribution is 5.60. The molecule has 0 saturated carbocycles. The van der Waals surface area contributed by atoms with E-state index in [1.54, 1.807) is 0 Å². The number of nitrogens with zero attached hydrogens (tertiary/aromatic N) is 3. The van der Waals surface area contributed by atoms with Crippen LogP contribution >= 0.6 is 0 Å². The lowest BCUT2D eigenvalue weighted by Crippen LogP contribution is -2.47. The van der Waals surface area contributed by atoms with Gasteiger partial charge in [-0.3, -0.25) is 4.90 Å². The van der Waals surface area contributed by atoms with E-state index in [-0.39, 0.29) is 5.60 Å². The van der Waals surface area contributed by atoms with Gasteiger partial charge in [0.05, 0.1) is 5.69 Å². The molecular formula is C17H19N3O2. The third-order valence-corrected chi connectivity index (χ3v) is 4.41. The summed E-state index contributed by atoms with van der Waals surface area (Å²) in [4.78, 5) is 7.99. The van der Waals surface area contributed by atoms with Crippen molar-refractivity contribution < 1.29 is 9.36 Å². The van der Waals surface area contributed by atoms with Gasteiger partial charge in [0.25, 0.3) is 0 Å². The maximum Gasteiger partial charge on any atom is 0.167 e. The van der Waals surface area contributed by atoms with Crippen LogP contribution in [0.4, 0.5) is 0 Å². The SMILES string of the molecule is C1=NOC2(C1)CCCN(Cc1cc(-c3ccccc3)on1)C2. The summed E-state index contributed by atoms with van der Waals surface area (Å²) in [6.07, 6.45) is 5.01. The first-order valence-corrected chi connectivity index (χ1v) is 7.76. The van der Waals surface area contributed by atoms with Crippen molar-refractivity contribution in [2.24, 2.45) is 5.16 Å². The van der Waals surface area contributed by atoms with E-state index in [0.29, 0.717) is 0 Å². The van der Waals surface area contributed by atoms with E-state index in [0.717, 1.165) is 55.9 Å². The topological polar surface area (TPSA) is 50.9 Å². The van der Waals surface area contributed by atoms with Crippen LogP contribution in [0.15, 0.2) is 46.1 Å². The van der Waals surface area contributed by atoms with Crippen molar-refractivity contribution in [3.8, 4) is 11.3 Å². The second kappa shape index (κ2) is 5.57. The van der Waals surface area contributed by atoms with Crippen molar-refractivity contribution >= 4 is 6.21 Å². The molecule has 0 amide bonds. The summed E-state index contributed by atoms with van der Waals surface area (Å²) in [6.45, 7) is 2.76. The van der Waals surface area contributed by atoms with Gasteiger partial charge in [-0.15, -0.1) is 0 Å². The fourth-order valence-corrected chi connectivity index (χ4v) is 3.31. The Bertz CT molecular complexity index is 658. The molecule has 0 bridgehead atoms. The molecule has 4 rings (SSSR count). The van der Waals surface area contributed by atoms with Gasteiger partial charge in [0, 0.05) is 37.4 Å². The van der Waals surface area contributed by atoms with Gasteiger partial charge in [0.1, 0.15) is 0 Å². The van der Waals surface area contributed by atoms with E-state index in [1.165, 1.54) is 0 Å². The van der Waals surface area contributed by atoms with Crippen LogP contribution in [0.25, 0.3) is 11.3 Å². The number of piperidine rings is 1. The fraction of sp³-hybridized carbons (Fsp3) is 0.412. The van der Waals surface area contributed by atoms with Crippen molar-refractivity contribution in [1.29, 1.82) is 0 Å². The third-order valence-electron chi connectivity index (χ3n) is 4.41. The second-order valence-corrected chi connectivity index (χ2v) is 6.13. The maximum absolute atomic E-state index is 5.61. The largest absolute Gasteiger partial charge is 0.388 e. The normalized spacial score (nSPS) is 24.7. The number of hydrogen-bond donors (Lipinski definition) is 0. The van der Waals surface area contributed by atoms with Gasteiger partial charge in [0.15, 0.2) is 11.4 Å². The van der Waals surface area contributed by atoms with Crippen molar-refractivity contribution in [3.05, 3.63) is 42.1 Å². The average Bonchev–Trinajstić information content (AvgIpc) is 3.19. The molecule has 5 heteroatoms. The first kappa shape index (κ1) is 13.5. The van der Waals surface area contributed by atoms with E-state index in [9.17, 15) is 0 Å². The molecule has 2 aliphatic heterocycles. The Morgan fingerprint density at radius 3 is 2.95 bits per heavy atom. The van der Waals surface area contributed by atoms with Gasteiger partial charge in [0.2, 0.25) is 0 Å². The zero-order valence-corrected chi connectivity index (χ0v) is 12.4. The number of benzene rings is 1. The lowest BCUT2D eigenvalue weighted by molar-refractivity contribution is -0.0707. The summed E-state index contributed by atoms with van der Waals surface area (Å²) in [7, 11) is 0. The second-order valence-electron chi connectivity index (χ2n) is 6.13. The molecule has 1 aromatic heterocycles. The minimum absolute atomic E-state index is 0.107. The first-order valence-electron chi connectivity index (χ1n) is 7.76. The number of aromatic nitrogens is 1. The average molecular weight is 297 g/mol. The Labute approximate surface area is 129 Å². The van der Waals surface area contributed by atoms with Gasteiger partial charge in [-0.25, -0.2) is 0 Å². The minimum atomic E-state index is -0.107. The van der Waals surface area contributed by atoms with Crippen LogP contribution in [0.5, 0.6) is 0 Å². The smallest absolute Gasteiger partial charge is 0.167 e. The first-order chi connectivity index (χ1) is 10.8. The minimum Gasteiger partial charge on any atom is -0.388 e. The molecule has 1 fully saturated rings. The molecule has 5 nitrogen and oxygen atoms in total. The van der Waals surface area contributed by atoms with Crippen LogP contribution in [-0.2, 0) is 11.4 Å². The molecule has 0 radical (unpaired) electrons. The van der Waals surface area contributed by atoms with Crippen molar-refractivity contribution in [3.63, 3.8) is 0 Å². The van der Waals surface area contributed by atoms with Gasteiger partial charge in [-0.05, 0) is 19.4 Å². The van der Waals surface area contributed by atoms with Crippen molar-refractivity contribution in [2.75, 3.05) is 13.1 Å². The molecule has 3 heterocycles. The van der Waals surface area contributed by atoms with E-state index < -0.39 is 0 Å². The van der Waals surface area contributed by atoms with Gasteiger partial charge in [-0.1, -0.05) is 40.6 Å². The lowest BCUT2D eigenvalue weighted by Gasteiger charge is -2.37. The Morgan fingerprint density at radius 2 is 2.14 bits per heavy atom. The van der Waals surface area contributed by atoms with E-state index in [2.05, 4.69) is 15.2 Å². The maximum atomic E-state index is 5.61. The van der Waals surface area contributed by atoms with E-state index in [4.69, 9.17) is 9.36 Å². The molecule has 0 aliphatic carbocycles. The predicted molar refractivity (Wildman–Crippen MR) is 83.4 cm³/mol. The molecular weight excluding hydrogens is 278 g/mol. The molecule has 1 spiro atoms. The molecule has 1 aromatic carbocycles. The summed E-state index contributed by atoms with van der Waals surface area (Å²) < 4.78 is 5.48. The number of likely N-dealkylation sites (tertiary alicyclic amines) is 1. The van der Waals surface area contributed by atoms with Crippen molar-refractivity contribution in [1.82, 2.24) is 10.1 Å². The Morgan fingerprint density at radius 1 is 1.23 bits per heavy atom. The summed E-state index contributed by atoms with van der Waals surface area (Å²) in [6, 6.07) is 12.1. The molecule has 1 unspecified atom stereocenters. The predicted octanol–water partition coefficient (Wildman–Crippen LogP) is 3.08. The summed E-state index contributed by atoms with van der Waals surface area (Å²) >= 11 is 0. The van der Waals surface area contributed by atoms with Crippen LogP contribution in [0, 0.1) is 0 Å². The zero-order chi connectivity index (χ0) is 14.8. The van der Waals surface area contributed by atoms with Crippen LogP contribution in [-0.4, -0.2) is 35.0 Å². The molecule has 114 valence electrons. The van der Waals surface area contributed by atoms with E-state index >= 15 is 0 Å². The van der Waals surface area contributed by atoms with Crippen LogP contribution in [0.3, 0.4) is 0 Å². The van der Waals surface area contributed by atoms with Crippen LogP contribution in [0.1, 0.15) is 25.0 Å². The molecule has 22 heavy (non-hydrogen) atoms. The fourth-order valence-electron chi connectivity index (χ4n) is 3.31. The monoisotopic (exact) mass is 297 g/mol. The number of rotatable bonds is 3. The quantitative estimate of drug-likeness (QED) is 0.873. The Hall–Kier alpha value is -2.14. The molecule has 1 saturated heterocycles. The molecule has 1 atom stereocenters. The van der Waals surface area contributed by atoms with Crippen LogP contribution in [0.2, 0.25) is 0 Å². The third kappa shape index (κ3) is 2.64. The molecule has 2 aliphatic rings. The Balaban J connectivity index is 1.44. The zero-order valence-electron chi connectivity index (χ0n) is 12.4.